The number of hydrogen-bond donors (Lipinski definition) is 1. The van der Waals surface area contributed by atoms with Gasteiger partial charge in [0.15, 0.2) is 5.82 Å². The normalized spacial score (nSPS) is 12.9. The third-order valence-corrected chi connectivity index (χ3v) is 2.25. The Labute approximate surface area is 96.4 Å². The third kappa shape index (κ3) is 4.24. The van der Waals surface area contributed by atoms with Crippen molar-refractivity contribution in [3.63, 3.8) is 0 Å². The van der Waals surface area contributed by atoms with E-state index in [9.17, 15) is 0 Å². The van der Waals surface area contributed by atoms with Gasteiger partial charge in [-0.2, -0.15) is 0 Å². The van der Waals surface area contributed by atoms with Crippen LogP contribution in [-0.2, 0) is 17.8 Å². The van der Waals surface area contributed by atoms with Gasteiger partial charge in [-0.05, 0) is 29.3 Å². The predicted molar refractivity (Wildman–Crippen MR) is 60.9 cm³/mol. The van der Waals surface area contributed by atoms with Crippen LogP contribution in [0.3, 0.4) is 0 Å². The minimum absolute atomic E-state index is 0.415. The standard InChI is InChI=1S/C10H21N5O/c1-4-5-11-6-10-12-13-14-15(10)7-9(2)8-16-3/h9,11H,4-8H2,1-3H3. The molecule has 0 aromatic carbocycles. The van der Waals surface area contributed by atoms with Crippen molar-refractivity contribution in [2.75, 3.05) is 20.3 Å². The molecule has 0 amide bonds. The van der Waals surface area contributed by atoms with Crippen molar-refractivity contribution in [3.05, 3.63) is 5.82 Å². The quantitative estimate of drug-likeness (QED) is 0.653. The highest BCUT2D eigenvalue weighted by Gasteiger charge is 2.09. The molecule has 0 aliphatic carbocycles. The largest absolute Gasteiger partial charge is 0.384 e. The number of tetrazole rings is 1. The second kappa shape index (κ2) is 7.29. The highest BCUT2D eigenvalue weighted by atomic mass is 16.5. The Kier molecular flexibility index (Phi) is 5.95. The fourth-order valence-electron chi connectivity index (χ4n) is 1.50. The van der Waals surface area contributed by atoms with Gasteiger partial charge < -0.3 is 10.1 Å². The molecule has 1 atom stereocenters. The molecule has 1 rings (SSSR count). The lowest BCUT2D eigenvalue weighted by molar-refractivity contribution is 0.148. The highest BCUT2D eigenvalue weighted by Crippen LogP contribution is 2.01. The summed E-state index contributed by atoms with van der Waals surface area (Å²) in [4.78, 5) is 0. The summed E-state index contributed by atoms with van der Waals surface area (Å²) in [5.41, 5.74) is 0. The van der Waals surface area contributed by atoms with Crippen LogP contribution >= 0.6 is 0 Å². The number of methoxy groups -OCH3 is 1. The number of aromatic nitrogens is 4. The van der Waals surface area contributed by atoms with Gasteiger partial charge in [0.05, 0.1) is 13.2 Å². The number of hydrogen-bond acceptors (Lipinski definition) is 5. The van der Waals surface area contributed by atoms with Gasteiger partial charge >= 0.3 is 0 Å². The molecule has 0 radical (unpaired) electrons. The zero-order valence-corrected chi connectivity index (χ0v) is 10.3. The van der Waals surface area contributed by atoms with E-state index in [0.717, 1.165) is 38.5 Å². The Morgan fingerprint density at radius 1 is 1.50 bits per heavy atom. The maximum absolute atomic E-state index is 5.09. The van der Waals surface area contributed by atoms with Crippen molar-refractivity contribution in [2.45, 2.75) is 33.4 Å². The van der Waals surface area contributed by atoms with Gasteiger partial charge in [0.25, 0.3) is 0 Å². The van der Waals surface area contributed by atoms with E-state index >= 15 is 0 Å². The Morgan fingerprint density at radius 2 is 2.31 bits per heavy atom. The lowest BCUT2D eigenvalue weighted by Crippen LogP contribution is -2.21. The van der Waals surface area contributed by atoms with Gasteiger partial charge in [-0.3, -0.25) is 0 Å². The lowest BCUT2D eigenvalue weighted by Gasteiger charge is -2.11. The second-order valence-electron chi connectivity index (χ2n) is 4.01. The molecule has 1 aromatic heterocycles. The van der Waals surface area contributed by atoms with Crippen molar-refractivity contribution in [1.29, 1.82) is 0 Å². The van der Waals surface area contributed by atoms with E-state index in [1.807, 2.05) is 4.68 Å². The minimum atomic E-state index is 0.415. The van der Waals surface area contributed by atoms with Gasteiger partial charge in [-0.15, -0.1) is 5.10 Å². The molecule has 0 saturated carbocycles. The van der Waals surface area contributed by atoms with Crippen LogP contribution in [0.2, 0.25) is 0 Å². The molecule has 1 N–H and O–H groups in total. The summed E-state index contributed by atoms with van der Waals surface area (Å²) in [7, 11) is 1.71. The maximum Gasteiger partial charge on any atom is 0.165 e. The van der Waals surface area contributed by atoms with Gasteiger partial charge in [0.1, 0.15) is 0 Å². The van der Waals surface area contributed by atoms with Crippen LogP contribution < -0.4 is 5.32 Å². The summed E-state index contributed by atoms with van der Waals surface area (Å²) < 4.78 is 6.93. The molecular weight excluding hydrogens is 206 g/mol. The van der Waals surface area contributed by atoms with Crippen LogP contribution in [0.1, 0.15) is 26.1 Å². The maximum atomic E-state index is 5.09. The summed E-state index contributed by atoms with van der Waals surface area (Å²) in [5, 5.41) is 15.0. The first-order valence-corrected chi connectivity index (χ1v) is 5.72. The molecule has 0 spiro atoms. The Bertz CT molecular complexity index is 288. The first-order chi connectivity index (χ1) is 7.77. The van der Waals surface area contributed by atoms with Crippen LogP contribution in [0, 0.1) is 5.92 Å². The van der Waals surface area contributed by atoms with Crippen LogP contribution in [-0.4, -0.2) is 40.5 Å². The third-order valence-electron chi connectivity index (χ3n) is 2.25. The van der Waals surface area contributed by atoms with Gasteiger partial charge in [0.2, 0.25) is 0 Å². The van der Waals surface area contributed by atoms with Crippen molar-refractivity contribution >= 4 is 0 Å². The van der Waals surface area contributed by atoms with E-state index < -0.39 is 0 Å². The van der Waals surface area contributed by atoms with Crippen LogP contribution in [0.25, 0.3) is 0 Å². The Morgan fingerprint density at radius 3 is 3.00 bits per heavy atom. The average molecular weight is 227 g/mol. The van der Waals surface area contributed by atoms with E-state index in [2.05, 4.69) is 34.7 Å². The van der Waals surface area contributed by atoms with Crippen molar-refractivity contribution in [1.82, 2.24) is 25.5 Å². The predicted octanol–water partition coefficient (Wildman–Crippen LogP) is 0.455. The zero-order valence-electron chi connectivity index (χ0n) is 10.3. The molecule has 0 saturated heterocycles. The minimum Gasteiger partial charge on any atom is -0.384 e. The summed E-state index contributed by atoms with van der Waals surface area (Å²) in [6.45, 7) is 7.48. The van der Waals surface area contributed by atoms with E-state index in [0.29, 0.717) is 5.92 Å². The number of nitrogens with zero attached hydrogens (tertiary/aromatic N) is 4. The van der Waals surface area contributed by atoms with Gasteiger partial charge in [-0.25, -0.2) is 4.68 Å². The molecule has 16 heavy (non-hydrogen) atoms. The SMILES string of the molecule is CCCNCc1nnnn1CC(C)COC. The fourth-order valence-corrected chi connectivity index (χ4v) is 1.50. The number of rotatable bonds is 8. The zero-order chi connectivity index (χ0) is 11.8. The molecule has 1 heterocycles. The molecule has 0 aliphatic rings. The number of nitrogens with one attached hydrogen (secondary N) is 1. The molecule has 0 bridgehead atoms. The summed E-state index contributed by atoms with van der Waals surface area (Å²) in [5.74, 6) is 1.30. The van der Waals surface area contributed by atoms with Crippen molar-refractivity contribution < 1.29 is 4.74 Å². The molecule has 92 valence electrons. The molecule has 0 fully saturated rings. The molecular formula is C10H21N5O. The van der Waals surface area contributed by atoms with Crippen molar-refractivity contribution in [2.24, 2.45) is 5.92 Å². The van der Waals surface area contributed by atoms with Gasteiger partial charge in [-0.1, -0.05) is 13.8 Å². The Hall–Kier alpha value is -1.01. The monoisotopic (exact) mass is 227 g/mol. The summed E-state index contributed by atoms with van der Waals surface area (Å²) >= 11 is 0. The second-order valence-corrected chi connectivity index (χ2v) is 4.01. The first kappa shape index (κ1) is 13.1. The van der Waals surface area contributed by atoms with Crippen LogP contribution in [0.4, 0.5) is 0 Å². The molecule has 6 nitrogen and oxygen atoms in total. The summed E-state index contributed by atoms with van der Waals surface area (Å²) in [6, 6.07) is 0. The van der Waals surface area contributed by atoms with E-state index in [4.69, 9.17) is 4.74 Å². The van der Waals surface area contributed by atoms with E-state index in [-0.39, 0.29) is 0 Å². The topological polar surface area (TPSA) is 64.9 Å². The molecule has 6 heteroatoms. The molecule has 0 aliphatic heterocycles. The summed E-state index contributed by atoms with van der Waals surface area (Å²) in [6.07, 6.45) is 1.11. The van der Waals surface area contributed by atoms with Crippen LogP contribution in [0.15, 0.2) is 0 Å². The highest BCUT2D eigenvalue weighted by molar-refractivity contribution is 4.80. The average Bonchev–Trinajstić information content (AvgIpc) is 2.66. The fraction of sp³-hybridized carbons (Fsp3) is 0.900. The molecule has 1 unspecified atom stereocenters. The van der Waals surface area contributed by atoms with Gasteiger partial charge in [0, 0.05) is 13.7 Å². The van der Waals surface area contributed by atoms with Crippen LogP contribution in [0.5, 0.6) is 0 Å². The van der Waals surface area contributed by atoms with Crippen molar-refractivity contribution in [3.8, 4) is 0 Å². The Balaban J connectivity index is 2.43. The molecule has 1 aromatic rings. The number of ether oxygens (including phenoxy) is 1. The lowest BCUT2D eigenvalue weighted by atomic mass is 10.2. The van der Waals surface area contributed by atoms with E-state index in [1.165, 1.54) is 0 Å². The smallest absolute Gasteiger partial charge is 0.165 e. The first-order valence-electron chi connectivity index (χ1n) is 5.72. The van der Waals surface area contributed by atoms with E-state index in [1.54, 1.807) is 7.11 Å².